The minimum atomic E-state index is -1.18. The molecule has 0 bridgehead atoms. The first-order valence-corrected chi connectivity index (χ1v) is 7.97. The SMILES string of the molecule is COc1ccc(-c2oc3cc(C)cc(C)c3c(=O)c2OCC(=O)O)cc1. The molecule has 0 fully saturated rings. The number of aliphatic carboxylic acids is 1. The van der Waals surface area contributed by atoms with Crippen molar-refractivity contribution in [3.8, 4) is 22.8 Å². The van der Waals surface area contributed by atoms with Crippen molar-refractivity contribution in [1.82, 2.24) is 0 Å². The molecule has 134 valence electrons. The van der Waals surface area contributed by atoms with Gasteiger partial charge in [0.2, 0.25) is 11.2 Å². The Labute approximate surface area is 149 Å². The number of carboxylic acids is 1. The van der Waals surface area contributed by atoms with Gasteiger partial charge in [-0.25, -0.2) is 4.79 Å². The van der Waals surface area contributed by atoms with E-state index in [1.807, 2.05) is 13.0 Å². The van der Waals surface area contributed by atoms with Crippen LogP contribution in [-0.4, -0.2) is 24.8 Å². The number of carbonyl (C=O) groups is 1. The van der Waals surface area contributed by atoms with Crippen LogP contribution in [0.2, 0.25) is 0 Å². The van der Waals surface area contributed by atoms with Gasteiger partial charge >= 0.3 is 5.97 Å². The average Bonchev–Trinajstić information content (AvgIpc) is 2.60. The fourth-order valence-corrected chi connectivity index (χ4v) is 2.87. The Kier molecular flexibility index (Phi) is 4.67. The van der Waals surface area contributed by atoms with Gasteiger partial charge < -0.3 is 19.0 Å². The second-order valence-electron chi connectivity index (χ2n) is 5.96. The van der Waals surface area contributed by atoms with Crippen molar-refractivity contribution < 1.29 is 23.8 Å². The predicted octanol–water partition coefficient (Wildman–Crippen LogP) is 3.55. The number of methoxy groups -OCH3 is 1. The van der Waals surface area contributed by atoms with Gasteiger partial charge in [-0.3, -0.25) is 4.79 Å². The molecule has 1 heterocycles. The van der Waals surface area contributed by atoms with E-state index in [0.29, 0.717) is 22.3 Å². The van der Waals surface area contributed by atoms with Crippen molar-refractivity contribution in [2.75, 3.05) is 13.7 Å². The summed E-state index contributed by atoms with van der Waals surface area (Å²) in [5, 5.41) is 9.31. The molecule has 0 aliphatic rings. The summed E-state index contributed by atoms with van der Waals surface area (Å²) in [6.07, 6.45) is 0. The normalized spacial score (nSPS) is 10.7. The monoisotopic (exact) mass is 354 g/mol. The number of ether oxygens (including phenoxy) is 2. The molecule has 0 aliphatic heterocycles. The highest BCUT2D eigenvalue weighted by Crippen LogP contribution is 2.33. The maximum absolute atomic E-state index is 13.0. The highest BCUT2D eigenvalue weighted by Gasteiger charge is 2.20. The van der Waals surface area contributed by atoms with E-state index in [-0.39, 0.29) is 11.5 Å². The molecule has 3 rings (SSSR count). The standard InChI is InChI=1S/C20H18O6/c1-11-8-12(2)17-15(9-11)26-19(13-4-6-14(24-3)7-5-13)20(18(17)23)25-10-16(21)22/h4-9H,10H2,1-3H3,(H,21,22). The zero-order chi connectivity index (χ0) is 18.8. The molecule has 0 saturated heterocycles. The topological polar surface area (TPSA) is 86.0 Å². The van der Waals surface area contributed by atoms with Gasteiger partial charge in [0.1, 0.15) is 11.3 Å². The van der Waals surface area contributed by atoms with Crippen molar-refractivity contribution in [1.29, 1.82) is 0 Å². The molecule has 0 radical (unpaired) electrons. The zero-order valence-corrected chi connectivity index (χ0v) is 14.7. The Bertz CT molecular complexity index is 1030. The molecule has 1 aromatic heterocycles. The molecular weight excluding hydrogens is 336 g/mol. The predicted molar refractivity (Wildman–Crippen MR) is 97.1 cm³/mol. The minimum Gasteiger partial charge on any atom is -0.497 e. The smallest absolute Gasteiger partial charge is 0.341 e. The Hall–Kier alpha value is -3.28. The summed E-state index contributed by atoms with van der Waals surface area (Å²) in [7, 11) is 1.55. The first-order valence-electron chi connectivity index (χ1n) is 7.97. The lowest BCUT2D eigenvalue weighted by Crippen LogP contribution is -2.16. The Morgan fingerprint density at radius 3 is 2.46 bits per heavy atom. The van der Waals surface area contributed by atoms with Gasteiger partial charge in [-0.1, -0.05) is 6.07 Å². The molecule has 0 aliphatic carbocycles. The molecule has 0 amide bonds. The van der Waals surface area contributed by atoms with Crippen LogP contribution >= 0.6 is 0 Å². The van der Waals surface area contributed by atoms with E-state index in [0.717, 1.165) is 11.1 Å². The van der Waals surface area contributed by atoms with E-state index < -0.39 is 18.0 Å². The zero-order valence-electron chi connectivity index (χ0n) is 14.7. The van der Waals surface area contributed by atoms with Crippen LogP contribution in [0.5, 0.6) is 11.5 Å². The molecule has 26 heavy (non-hydrogen) atoms. The molecule has 2 aromatic carbocycles. The second kappa shape index (κ2) is 6.92. The van der Waals surface area contributed by atoms with E-state index in [4.69, 9.17) is 19.0 Å². The van der Waals surface area contributed by atoms with Crippen LogP contribution in [-0.2, 0) is 4.79 Å². The van der Waals surface area contributed by atoms with E-state index in [9.17, 15) is 9.59 Å². The summed E-state index contributed by atoms with van der Waals surface area (Å²) in [4.78, 5) is 23.9. The van der Waals surface area contributed by atoms with Crippen molar-refractivity contribution in [2.24, 2.45) is 0 Å². The molecule has 0 spiro atoms. The molecule has 0 atom stereocenters. The van der Waals surface area contributed by atoms with Crippen LogP contribution in [0, 0.1) is 13.8 Å². The van der Waals surface area contributed by atoms with Gasteiger partial charge in [-0.05, 0) is 55.3 Å². The van der Waals surface area contributed by atoms with Crippen molar-refractivity contribution in [3.05, 3.63) is 57.7 Å². The summed E-state index contributed by atoms with van der Waals surface area (Å²) in [6.45, 7) is 3.08. The number of aryl methyl sites for hydroxylation is 2. The van der Waals surface area contributed by atoms with E-state index in [2.05, 4.69) is 0 Å². The highest BCUT2D eigenvalue weighted by molar-refractivity contribution is 5.85. The molecule has 1 N–H and O–H groups in total. The molecule has 0 unspecified atom stereocenters. The summed E-state index contributed by atoms with van der Waals surface area (Å²) in [5.74, 6) is -0.448. The Morgan fingerprint density at radius 1 is 1.15 bits per heavy atom. The summed E-state index contributed by atoms with van der Waals surface area (Å²) in [5.41, 5.74) is 2.33. The van der Waals surface area contributed by atoms with Gasteiger partial charge in [-0.15, -0.1) is 0 Å². The fraction of sp³-hybridized carbons (Fsp3) is 0.200. The van der Waals surface area contributed by atoms with Gasteiger partial charge in [-0.2, -0.15) is 0 Å². The summed E-state index contributed by atoms with van der Waals surface area (Å²) < 4.78 is 16.4. The van der Waals surface area contributed by atoms with Gasteiger partial charge in [0.15, 0.2) is 12.4 Å². The maximum Gasteiger partial charge on any atom is 0.341 e. The molecule has 0 saturated carbocycles. The molecule has 6 nitrogen and oxygen atoms in total. The van der Waals surface area contributed by atoms with E-state index >= 15 is 0 Å². The summed E-state index contributed by atoms with van der Waals surface area (Å²) >= 11 is 0. The fourth-order valence-electron chi connectivity index (χ4n) is 2.87. The summed E-state index contributed by atoms with van der Waals surface area (Å²) in [6, 6.07) is 10.5. The highest BCUT2D eigenvalue weighted by atomic mass is 16.5. The molecule has 6 heteroatoms. The number of hydrogen-bond donors (Lipinski definition) is 1. The van der Waals surface area contributed by atoms with Crippen LogP contribution in [0.1, 0.15) is 11.1 Å². The van der Waals surface area contributed by atoms with Crippen LogP contribution < -0.4 is 14.9 Å². The lowest BCUT2D eigenvalue weighted by Gasteiger charge is -2.12. The first kappa shape index (κ1) is 17.5. The van der Waals surface area contributed by atoms with E-state index in [1.165, 1.54) is 0 Å². The third-order valence-electron chi connectivity index (χ3n) is 3.99. The third kappa shape index (κ3) is 3.26. The van der Waals surface area contributed by atoms with Crippen molar-refractivity contribution >= 4 is 16.9 Å². The Morgan fingerprint density at radius 2 is 1.85 bits per heavy atom. The Balaban J connectivity index is 2.28. The lowest BCUT2D eigenvalue weighted by molar-refractivity contribution is -0.139. The third-order valence-corrected chi connectivity index (χ3v) is 3.99. The lowest BCUT2D eigenvalue weighted by atomic mass is 10.0. The number of hydrogen-bond acceptors (Lipinski definition) is 5. The average molecular weight is 354 g/mol. The number of carboxylic acid groups (broad SMARTS) is 1. The van der Waals surface area contributed by atoms with Gasteiger partial charge in [0.25, 0.3) is 0 Å². The van der Waals surface area contributed by atoms with Crippen LogP contribution in [0.3, 0.4) is 0 Å². The second-order valence-corrected chi connectivity index (χ2v) is 5.96. The number of rotatable bonds is 5. The van der Waals surface area contributed by atoms with Crippen molar-refractivity contribution in [3.63, 3.8) is 0 Å². The van der Waals surface area contributed by atoms with E-state index in [1.54, 1.807) is 44.4 Å². The quantitative estimate of drug-likeness (QED) is 0.754. The van der Waals surface area contributed by atoms with Crippen LogP contribution in [0.4, 0.5) is 0 Å². The van der Waals surface area contributed by atoms with Crippen LogP contribution in [0.15, 0.2) is 45.6 Å². The number of benzene rings is 2. The minimum absolute atomic E-state index is 0.114. The van der Waals surface area contributed by atoms with Gasteiger partial charge in [0.05, 0.1) is 12.5 Å². The first-order chi connectivity index (χ1) is 12.4. The molecular formula is C20H18O6. The molecule has 3 aromatic rings. The van der Waals surface area contributed by atoms with Crippen LogP contribution in [0.25, 0.3) is 22.3 Å². The number of fused-ring (bicyclic) bond motifs is 1. The van der Waals surface area contributed by atoms with Gasteiger partial charge in [0, 0.05) is 5.56 Å². The maximum atomic E-state index is 13.0. The largest absolute Gasteiger partial charge is 0.497 e. The van der Waals surface area contributed by atoms with Crippen molar-refractivity contribution in [2.45, 2.75) is 13.8 Å².